The highest BCUT2D eigenvalue weighted by Gasteiger charge is 2.36. The lowest BCUT2D eigenvalue weighted by atomic mass is 10.2. The van der Waals surface area contributed by atoms with Gasteiger partial charge in [0.2, 0.25) is 0 Å². The summed E-state index contributed by atoms with van der Waals surface area (Å²) >= 11 is 5.98. The van der Waals surface area contributed by atoms with Gasteiger partial charge in [-0.2, -0.15) is 17.0 Å². The van der Waals surface area contributed by atoms with E-state index >= 15 is 0 Å². The second kappa shape index (κ2) is 7.23. The molecule has 1 saturated heterocycles. The number of nitrogens with zero attached hydrogens (tertiary/aromatic N) is 2. The first-order valence-corrected chi connectivity index (χ1v) is 8.96. The minimum Gasteiger partial charge on any atom is -0.318 e. The van der Waals surface area contributed by atoms with Crippen molar-refractivity contribution in [1.82, 2.24) is 13.9 Å². The molecule has 1 heterocycles. The molecule has 0 aromatic heterocycles. The summed E-state index contributed by atoms with van der Waals surface area (Å²) in [6, 6.07) is 4.27. The third kappa shape index (κ3) is 3.60. The first-order chi connectivity index (χ1) is 10.4. The van der Waals surface area contributed by atoms with Crippen molar-refractivity contribution in [3.63, 3.8) is 0 Å². The van der Waals surface area contributed by atoms with Crippen LogP contribution in [0.3, 0.4) is 0 Å². The summed E-state index contributed by atoms with van der Waals surface area (Å²) < 4.78 is 41.9. The minimum absolute atomic E-state index is 0.0615. The molecule has 0 saturated carbocycles. The molecule has 1 unspecified atom stereocenters. The Morgan fingerprint density at radius 2 is 2.23 bits per heavy atom. The third-order valence-corrected chi connectivity index (χ3v) is 6.24. The van der Waals surface area contributed by atoms with Crippen LogP contribution in [0.2, 0.25) is 5.02 Å². The molecule has 124 valence electrons. The van der Waals surface area contributed by atoms with Gasteiger partial charge in [-0.3, -0.25) is 0 Å². The van der Waals surface area contributed by atoms with Crippen LogP contribution in [0.15, 0.2) is 18.2 Å². The van der Waals surface area contributed by atoms with Crippen molar-refractivity contribution in [2.75, 3.05) is 27.2 Å². The number of halogens is 2. The van der Waals surface area contributed by atoms with E-state index in [4.69, 9.17) is 11.6 Å². The summed E-state index contributed by atoms with van der Waals surface area (Å²) in [5, 5.41) is 3.24. The molecule has 1 aromatic rings. The summed E-state index contributed by atoms with van der Waals surface area (Å²) in [4.78, 5) is 0. The van der Waals surface area contributed by atoms with Crippen LogP contribution in [0.4, 0.5) is 4.39 Å². The fourth-order valence-corrected chi connectivity index (χ4v) is 4.51. The molecule has 1 aliphatic heterocycles. The van der Waals surface area contributed by atoms with Crippen molar-refractivity contribution in [2.45, 2.75) is 25.4 Å². The van der Waals surface area contributed by atoms with Gasteiger partial charge in [0.25, 0.3) is 10.2 Å². The molecular weight excluding hydrogens is 329 g/mol. The smallest absolute Gasteiger partial charge is 0.282 e. The van der Waals surface area contributed by atoms with E-state index in [-0.39, 0.29) is 23.2 Å². The van der Waals surface area contributed by atoms with Crippen LogP contribution in [0, 0.1) is 5.82 Å². The van der Waals surface area contributed by atoms with Crippen molar-refractivity contribution in [3.8, 4) is 0 Å². The van der Waals surface area contributed by atoms with Gasteiger partial charge < -0.3 is 5.32 Å². The molecular formula is C14H21ClFN3O2S. The van der Waals surface area contributed by atoms with Crippen molar-refractivity contribution in [2.24, 2.45) is 0 Å². The number of hydrogen-bond donors (Lipinski definition) is 1. The van der Waals surface area contributed by atoms with Gasteiger partial charge in [0.15, 0.2) is 0 Å². The van der Waals surface area contributed by atoms with Gasteiger partial charge in [0.1, 0.15) is 5.82 Å². The van der Waals surface area contributed by atoms with E-state index in [0.29, 0.717) is 13.1 Å². The van der Waals surface area contributed by atoms with Gasteiger partial charge in [0, 0.05) is 43.3 Å². The van der Waals surface area contributed by atoms with Crippen molar-refractivity contribution < 1.29 is 12.8 Å². The van der Waals surface area contributed by atoms with Gasteiger partial charge in [-0.05, 0) is 32.0 Å². The largest absolute Gasteiger partial charge is 0.318 e. The molecule has 0 radical (unpaired) electrons. The molecule has 1 fully saturated rings. The molecule has 1 aliphatic rings. The zero-order valence-electron chi connectivity index (χ0n) is 12.7. The normalized spacial score (nSPS) is 20.0. The van der Waals surface area contributed by atoms with Crippen molar-refractivity contribution in [1.29, 1.82) is 0 Å². The van der Waals surface area contributed by atoms with Crippen LogP contribution in [-0.4, -0.2) is 50.3 Å². The molecule has 8 heteroatoms. The average Bonchev–Trinajstić information content (AvgIpc) is 2.92. The van der Waals surface area contributed by atoms with Crippen molar-refractivity contribution in [3.05, 3.63) is 34.6 Å². The van der Waals surface area contributed by atoms with Crippen molar-refractivity contribution >= 4 is 21.8 Å². The average molecular weight is 350 g/mol. The summed E-state index contributed by atoms with van der Waals surface area (Å²) in [5.41, 5.74) is 0.194. The lowest BCUT2D eigenvalue weighted by Gasteiger charge is -2.29. The molecule has 0 amide bonds. The van der Waals surface area contributed by atoms with E-state index in [0.717, 1.165) is 17.1 Å². The SMILES string of the molecule is CNCC1CCCN1S(=O)(=O)N(C)Cc1c(F)cccc1Cl. The number of nitrogens with one attached hydrogen (secondary N) is 1. The number of benzene rings is 1. The third-order valence-electron chi connectivity index (χ3n) is 3.90. The van der Waals surface area contributed by atoms with Gasteiger partial charge in [-0.1, -0.05) is 17.7 Å². The van der Waals surface area contributed by atoms with E-state index in [1.165, 1.54) is 23.5 Å². The molecule has 1 N–H and O–H groups in total. The highest BCUT2D eigenvalue weighted by molar-refractivity contribution is 7.86. The van der Waals surface area contributed by atoms with Crippen LogP contribution < -0.4 is 5.32 Å². The quantitative estimate of drug-likeness (QED) is 0.852. The van der Waals surface area contributed by atoms with E-state index in [2.05, 4.69) is 5.32 Å². The Balaban J connectivity index is 2.19. The van der Waals surface area contributed by atoms with Crippen LogP contribution in [0.1, 0.15) is 18.4 Å². The Hall–Kier alpha value is -0.730. The molecule has 2 rings (SSSR count). The van der Waals surface area contributed by atoms with Crippen LogP contribution in [0.5, 0.6) is 0 Å². The molecule has 0 bridgehead atoms. The first-order valence-electron chi connectivity index (χ1n) is 7.18. The number of rotatable bonds is 6. The maximum Gasteiger partial charge on any atom is 0.282 e. The topological polar surface area (TPSA) is 52.7 Å². The van der Waals surface area contributed by atoms with Crippen LogP contribution >= 0.6 is 11.6 Å². The molecule has 22 heavy (non-hydrogen) atoms. The van der Waals surface area contributed by atoms with Gasteiger partial charge >= 0.3 is 0 Å². The summed E-state index contributed by atoms with van der Waals surface area (Å²) in [7, 11) is -0.392. The summed E-state index contributed by atoms with van der Waals surface area (Å²) in [6.07, 6.45) is 1.66. The summed E-state index contributed by atoms with van der Waals surface area (Å²) in [6.45, 7) is 1.01. The highest BCUT2D eigenvalue weighted by atomic mass is 35.5. The maximum atomic E-state index is 13.8. The van der Waals surface area contributed by atoms with E-state index in [1.54, 1.807) is 13.1 Å². The molecule has 0 aliphatic carbocycles. The van der Waals surface area contributed by atoms with Gasteiger partial charge in [-0.15, -0.1) is 0 Å². The second-order valence-electron chi connectivity index (χ2n) is 5.43. The summed E-state index contributed by atoms with van der Waals surface area (Å²) in [5.74, 6) is -0.497. The van der Waals surface area contributed by atoms with Gasteiger partial charge in [-0.25, -0.2) is 4.39 Å². The Kier molecular flexibility index (Phi) is 5.79. The fraction of sp³-hybridized carbons (Fsp3) is 0.571. The van der Waals surface area contributed by atoms with E-state index in [1.807, 2.05) is 0 Å². The Bertz CT molecular complexity index is 606. The predicted molar refractivity (Wildman–Crippen MR) is 85.5 cm³/mol. The van der Waals surface area contributed by atoms with E-state index in [9.17, 15) is 12.8 Å². The van der Waals surface area contributed by atoms with Gasteiger partial charge in [0.05, 0.1) is 0 Å². The lowest BCUT2D eigenvalue weighted by Crippen LogP contribution is -2.47. The second-order valence-corrected chi connectivity index (χ2v) is 7.82. The fourth-order valence-electron chi connectivity index (χ4n) is 2.72. The first kappa shape index (κ1) is 17.6. The standard InChI is InChI=1S/C14H21ClFN3O2S/c1-17-9-11-5-4-8-19(11)22(20,21)18(2)10-12-13(15)6-3-7-14(12)16/h3,6-7,11,17H,4-5,8-10H2,1-2H3. The monoisotopic (exact) mass is 349 g/mol. The van der Waals surface area contributed by atoms with Crippen LogP contribution in [-0.2, 0) is 16.8 Å². The number of hydrogen-bond acceptors (Lipinski definition) is 3. The Morgan fingerprint density at radius 3 is 2.86 bits per heavy atom. The Morgan fingerprint density at radius 1 is 1.50 bits per heavy atom. The van der Waals surface area contributed by atoms with E-state index < -0.39 is 16.0 Å². The molecule has 0 spiro atoms. The minimum atomic E-state index is -3.64. The zero-order valence-corrected chi connectivity index (χ0v) is 14.3. The van der Waals surface area contributed by atoms with Crippen LogP contribution in [0.25, 0.3) is 0 Å². The Labute approximate surface area is 136 Å². The molecule has 1 atom stereocenters. The predicted octanol–water partition coefficient (Wildman–Crippen LogP) is 1.84. The zero-order chi connectivity index (χ0) is 16.3. The number of likely N-dealkylation sites (N-methyl/N-ethyl adjacent to an activating group) is 1. The molecule has 1 aromatic carbocycles. The maximum absolute atomic E-state index is 13.8. The lowest BCUT2D eigenvalue weighted by molar-refractivity contribution is 0.335. The molecule has 5 nitrogen and oxygen atoms in total. The highest BCUT2D eigenvalue weighted by Crippen LogP contribution is 2.26.